The van der Waals surface area contributed by atoms with Crippen molar-refractivity contribution in [2.75, 3.05) is 0 Å². The van der Waals surface area contributed by atoms with E-state index in [1.165, 1.54) is 16.0 Å². The van der Waals surface area contributed by atoms with Gasteiger partial charge in [-0.25, -0.2) is 0 Å². The number of rotatable bonds is 3. The zero-order chi connectivity index (χ0) is 11.2. The lowest BCUT2D eigenvalue weighted by Crippen LogP contribution is -1.75. The zero-order valence-electron chi connectivity index (χ0n) is 9.26. The monoisotopic (exact) mass is 226 g/mol. The van der Waals surface area contributed by atoms with Crippen LogP contribution in [-0.2, 0) is 0 Å². The minimum atomic E-state index is 1.24. The van der Waals surface area contributed by atoms with Crippen LogP contribution in [0.4, 0.5) is 0 Å². The van der Waals surface area contributed by atoms with E-state index in [0.717, 1.165) is 0 Å². The van der Waals surface area contributed by atoms with Crippen LogP contribution < -0.4 is 0 Å². The summed E-state index contributed by atoms with van der Waals surface area (Å²) < 4.78 is 0. The molecule has 0 bridgehead atoms. The number of hydrogen-bond acceptors (Lipinski definition) is 1. The van der Waals surface area contributed by atoms with E-state index in [4.69, 9.17) is 0 Å². The van der Waals surface area contributed by atoms with E-state index >= 15 is 0 Å². The molecule has 2 aromatic carbocycles. The second-order valence-corrected chi connectivity index (χ2v) is 4.54. The van der Waals surface area contributed by atoms with Gasteiger partial charge in [-0.3, -0.25) is 0 Å². The molecule has 0 nitrogen and oxygen atoms in total. The number of benzene rings is 2. The first-order valence-electron chi connectivity index (χ1n) is 5.30. The average Bonchev–Trinajstić information content (AvgIpc) is 2.33. The maximum Gasteiger partial charge on any atom is 0.0145 e. The first-order chi connectivity index (χ1) is 7.86. The molecule has 0 aliphatic rings. The highest BCUT2D eigenvalue weighted by Gasteiger charge is 1.93. The van der Waals surface area contributed by atoms with Crippen molar-refractivity contribution in [2.24, 2.45) is 0 Å². The van der Waals surface area contributed by atoms with Gasteiger partial charge >= 0.3 is 0 Å². The zero-order valence-corrected chi connectivity index (χ0v) is 10.1. The summed E-state index contributed by atoms with van der Waals surface area (Å²) >= 11 is 1.76. The molecular formula is C15H14S. The largest absolute Gasteiger partial charge is 0.0978 e. The van der Waals surface area contributed by atoms with Gasteiger partial charge in [-0.1, -0.05) is 60.3 Å². The molecule has 1 heteroatoms. The van der Waals surface area contributed by atoms with Crippen LogP contribution in [0.15, 0.2) is 64.9 Å². The van der Waals surface area contributed by atoms with Crippen LogP contribution in [0.25, 0.3) is 6.08 Å². The molecule has 0 unspecified atom stereocenters. The van der Waals surface area contributed by atoms with Crippen LogP contribution in [-0.4, -0.2) is 0 Å². The lowest BCUT2D eigenvalue weighted by Gasteiger charge is -2.00. The molecule has 0 N–H and O–H groups in total. The minimum Gasteiger partial charge on any atom is -0.0978 e. The lowest BCUT2D eigenvalue weighted by atomic mass is 10.2. The smallest absolute Gasteiger partial charge is 0.0145 e. The Kier molecular flexibility index (Phi) is 3.84. The fourth-order valence-electron chi connectivity index (χ4n) is 1.44. The van der Waals surface area contributed by atoms with Crippen LogP contribution >= 0.6 is 11.8 Å². The molecule has 0 aromatic heterocycles. The first kappa shape index (κ1) is 11.0. The van der Waals surface area contributed by atoms with Crippen molar-refractivity contribution < 1.29 is 0 Å². The Bertz CT molecular complexity index is 472. The van der Waals surface area contributed by atoms with Crippen molar-refractivity contribution in [2.45, 2.75) is 11.8 Å². The van der Waals surface area contributed by atoms with E-state index in [9.17, 15) is 0 Å². The van der Waals surface area contributed by atoms with Crippen LogP contribution in [0.3, 0.4) is 0 Å². The van der Waals surface area contributed by atoms with Crippen molar-refractivity contribution in [3.05, 3.63) is 71.1 Å². The maximum absolute atomic E-state index is 2.15. The van der Waals surface area contributed by atoms with E-state index in [1.54, 1.807) is 11.8 Å². The SMILES string of the molecule is Cc1ccccc1S/C=C\c1ccccc1. The molecule has 0 saturated carbocycles. The summed E-state index contributed by atoms with van der Waals surface area (Å²) in [4.78, 5) is 1.31. The summed E-state index contributed by atoms with van der Waals surface area (Å²) in [5.41, 5.74) is 2.56. The van der Waals surface area contributed by atoms with E-state index in [2.05, 4.69) is 66.9 Å². The molecule has 2 rings (SSSR count). The van der Waals surface area contributed by atoms with Gasteiger partial charge in [0.2, 0.25) is 0 Å². The highest BCUT2D eigenvalue weighted by atomic mass is 32.2. The quantitative estimate of drug-likeness (QED) is 0.680. The molecule has 0 aliphatic heterocycles. The first-order valence-corrected chi connectivity index (χ1v) is 6.18. The standard InChI is InChI=1S/C15H14S/c1-13-7-5-6-10-15(13)16-12-11-14-8-3-2-4-9-14/h2-12H,1H3/b12-11-. The Balaban J connectivity index is 2.03. The molecule has 0 amide bonds. The summed E-state index contributed by atoms with van der Waals surface area (Å²) in [7, 11) is 0. The van der Waals surface area contributed by atoms with Gasteiger partial charge < -0.3 is 0 Å². The summed E-state index contributed by atoms with van der Waals surface area (Å²) in [6.45, 7) is 2.14. The molecule has 2 aromatic rings. The summed E-state index contributed by atoms with van der Waals surface area (Å²) in [6.07, 6.45) is 2.14. The Morgan fingerprint density at radius 3 is 2.31 bits per heavy atom. The van der Waals surface area contributed by atoms with E-state index in [-0.39, 0.29) is 0 Å². The van der Waals surface area contributed by atoms with Gasteiger partial charge in [0.05, 0.1) is 0 Å². The third-order valence-corrected chi connectivity index (χ3v) is 3.33. The van der Waals surface area contributed by atoms with Crippen molar-refractivity contribution in [3.8, 4) is 0 Å². The maximum atomic E-state index is 2.15. The Labute approximate surface area is 101 Å². The highest BCUT2D eigenvalue weighted by Crippen LogP contribution is 2.23. The third-order valence-electron chi connectivity index (χ3n) is 2.35. The third kappa shape index (κ3) is 3.01. The number of hydrogen-bond donors (Lipinski definition) is 0. The van der Waals surface area contributed by atoms with Gasteiger partial charge in [-0.15, -0.1) is 0 Å². The number of thioether (sulfide) groups is 1. The van der Waals surface area contributed by atoms with E-state index in [1.807, 2.05) is 6.07 Å². The van der Waals surface area contributed by atoms with Crippen molar-refractivity contribution in [1.82, 2.24) is 0 Å². The molecular weight excluding hydrogens is 212 g/mol. The summed E-state index contributed by atoms with van der Waals surface area (Å²) in [5, 5.41) is 2.14. The average molecular weight is 226 g/mol. The van der Waals surface area contributed by atoms with Gasteiger partial charge in [0, 0.05) is 4.90 Å². The molecule has 0 fully saturated rings. The van der Waals surface area contributed by atoms with Crippen LogP contribution in [0.1, 0.15) is 11.1 Å². The Morgan fingerprint density at radius 2 is 1.56 bits per heavy atom. The molecule has 0 heterocycles. The van der Waals surface area contributed by atoms with Gasteiger partial charge in [0.25, 0.3) is 0 Å². The minimum absolute atomic E-state index is 1.24. The molecule has 80 valence electrons. The second kappa shape index (κ2) is 5.57. The molecule has 0 saturated heterocycles. The summed E-state index contributed by atoms with van der Waals surface area (Å²) in [5.74, 6) is 0. The van der Waals surface area contributed by atoms with E-state index < -0.39 is 0 Å². The fraction of sp³-hybridized carbons (Fsp3) is 0.0667. The Morgan fingerprint density at radius 1 is 0.875 bits per heavy atom. The van der Waals surface area contributed by atoms with Crippen LogP contribution in [0, 0.1) is 6.92 Å². The summed E-state index contributed by atoms with van der Waals surface area (Å²) in [6, 6.07) is 18.8. The van der Waals surface area contributed by atoms with Crippen molar-refractivity contribution >= 4 is 17.8 Å². The molecule has 16 heavy (non-hydrogen) atoms. The molecule has 0 atom stereocenters. The fourth-order valence-corrected chi connectivity index (χ4v) is 2.22. The topological polar surface area (TPSA) is 0 Å². The van der Waals surface area contributed by atoms with Crippen LogP contribution in [0.2, 0.25) is 0 Å². The predicted octanol–water partition coefficient (Wildman–Crippen LogP) is 4.76. The van der Waals surface area contributed by atoms with Crippen molar-refractivity contribution in [3.63, 3.8) is 0 Å². The van der Waals surface area contributed by atoms with E-state index in [0.29, 0.717) is 0 Å². The van der Waals surface area contributed by atoms with Gasteiger partial charge in [0.1, 0.15) is 0 Å². The van der Waals surface area contributed by atoms with Gasteiger partial charge in [-0.05, 0) is 35.6 Å². The number of aryl methyl sites for hydroxylation is 1. The normalized spacial score (nSPS) is 10.8. The highest BCUT2D eigenvalue weighted by molar-refractivity contribution is 8.02. The second-order valence-electron chi connectivity index (χ2n) is 3.60. The lowest BCUT2D eigenvalue weighted by molar-refractivity contribution is 1.31. The molecule has 0 aliphatic carbocycles. The van der Waals surface area contributed by atoms with Crippen LogP contribution in [0.5, 0.6) is 0 Å². The van der Waals surface area contributed by atoms with Gasteiger partial charge in [0.15, 0.2) is 0 Å². The van der Waals surface area contributed by atoms with Gasteiger partial charge in [-0.2, -0.15) is 0 Å². The van der Waals surface area contributed by atoms with Crippen molar-refractivity contribution in [1.29, 1.82) is 0 Å². The molecule has 0 spiro atoms. The molecule has 0 radical (unpaired) electrons. The Hall–Kier alpha value is -1.47. The predicted molar refractivity (Wildman–Crippen MR) is 72.5 cm³/mol.